The summed E-state index contributed by atoms with van der Waals surface area (Å²) in [6.07, 6.45) is -5.95. The molecule has 6 atom stereocenters. The molecule has 312 valence electrons. The van der Waals surface area contributed by atoms with Crippen LogP contribution >= 0.6 is 0 Å². The molecular weight excluding hydrogens is 749 g/mol. The number of carbonyl (C=O) groups excluding carboxylic acids is 2. The molecule has 3 aromatic carbocycles. The number of carboxylic acid groups (broad SMARTS) is 1. The van der Waals surface area contributed by atoms with Gasteiger partial charge in [-0.2, -0.15) is 0 Å². The second kappa shape index (κ2) is 22.2. The van der Waals surface area contributed by atoms with Gasteiger partial charge in [0.05, 0.1) is 44.5 Å². The van der Waals surface area contributed by atoms with Gasteiger partial charge in [-0.15, -0.1) is 0 Å². The first-order valence-electron chi connectivity index (χ1n) is 18.8. The van der Waals surface area contributed by atoms with Gasteiger partial charge in [0.25, 0.3) is 22.6 Å². The number of ether oxygens (including phenoxy) is 3. The molecule has 17 nitrogen and oxygen atoms in total. The van der Waals surface area contributed by atoms with Crippen molar-refractivity contribution in [2.75, 3.05) is 63.3 Å². The molecule has 3 aromatic rings. The highest BCUT2D eigenvalue weighted by Crippen LogP contribution is 2.34. The smallest absolute Gasteiger partial charge is 0.364 e. The Balaban J connectivity index is 1.27. The fraction of sp³-hybridized carbons (Fsp3) is 0.513. The quantitative estimate of drug-likeness (QED) is 0.0397. The first-order chi connectivity index (χ1) is 27.4. The Morgan fingerprint density at radius 2 is 1.53 bits per heavy atom. The molecule has 1 saturated heterocycles. The highest BCUT2D eigenvalue weighted by molar-refractivity contribution is 5.79. The number of aliphatic carboxylic acids is 1. The molecule has 0 aliphatic carbocycles. The van der Waals surface area contributed by atoms with Crippen LogP contribution in [0.1, 0.15) is 37.7 Å². The number of hydrogen-bond donors (Lipinski definition) is 9. The van der Waals surface area contributed by atoms with Gasteiger partial charge in [-0.05, 0) is 29.5 Å². The summed E-state index contributed by atoms with van der Waals surface area (Å²) in [6, 6.07) is 15.4. The van der Waals surface area contributed by atoms with Crippen molar-refractivity contribution in [1.29, 1.82) is 0 Å². The van der Waals surface area contributed by atoms with E-state index in [1.54, 1.807) is 12.1 Å². The summed E-state index contributed by atoms with van der Waals surface area (Å²) in [5, 5.41) is 53.7. The monoisotopic (exact) mass is 801 g/mol. The van der Waals surface area contributed by atoms with Crippen molar-refractivity contribution in [1.82, 2.24) is 10.6 Å². The third kappa shape index (κ3) is 12.6. The maximum absolute atomic E-state index is 13.2. The number of aliphatic hydroxyl groups excluding tert-OH is 3. The number of nitrogens with two attached hydrogens (primary N) is 1. The second-order valence-electron chi connectivity index (χ2n) is 13.7. The lowest BCUT2D eigenvalue weighted by Gasteiger charge is -2.46. The maximum Gasteiger partial charge on any atom is 0.364 e. The molecule has 0 bridgehead atoms. The van der Waals surface area contributed by atoms with E-state index in [4.69, 9.17) is 19.9 Å². The number of rotatable bonds is 25. The summed E-state index contributed by atoms with van der Waals surface area (Å²) in [7, 11) is 0. The van der Waals surface area contributed by atoms with E-state index >= 15 is 0 Å². The number of halogens is 1. The fourth-order valence-corrected chi connectivity index (χ4v) is 6.39. The average molecular weight is 802 g/mol. The first kappa shape index (κ1) is 44.9. The maximum atomic E-state index is 13.2. The van der Waals surface area contributed by atoms with E-state index in [0.29, 0.717) is 64.1 Å². The van der Waals surface area contributed by atoms with Crippen LogP contribution in [0, 0.1) is 0 Å². The van der Waals surface area contributed by atoms with Crippen molar-refractivity contribution in [2.24, 2.45) is 5.73 Å². The van der Waals surface area contributed by atoms with Gasteiger partial charge in [-0.3, -0.25) is 19.2 Å². The minimum atomic E-state index is -2.51. The van der Waals surface area contributed by atoms with Crippen molar-refractivity contribution >= 4 is 29.2 Å². The van der Waals surface area contributed by atoms with Crippen molar-refractivity contribution in [3.63, 3.8) is 0 Å². The molecule has 0 radical (unpaired) electrons. The number of hydrogen-bond acceptors (Lipinski definition) is 14. The van der Waals surface area contributed by atoms with Gasteiger partial charge < -0.3 is 61.6 Å². The summed E-state index contributed by atoms with van der Waals surface area (Å²) in [6.45, 7) is -0.390. The Bertz CT molecular complexity index is 1810. The summed E-state index contributed by atoms with van der Waals surface area (Å²) >= 11 is 0. The predicted octanol–water partition coefficient (Wildman–Crippen LogP) is -0.209. The van der Waals surface area contributed by atoms with Gasteiger partial charge in [0, 0.05) is 32.6 Å². The van der Waals surface area contributed by atoms with Crippen LogP contribution in [0.3, 0.4) is 0 Å². The fourth-order valence-electron chi connectivity index (χ4n) is 6.39. The van der Waals surface area contributed by atoms with Crippen molar-refractivity contribution < 1.29 is 53.4 Å². The number of alkyl halides is 1. The molecule has 0 saturated carbocycles. The Labute approximate surface area is 328 Å². The highest BCUT2D eigenvalue weighted by Gasteiger charge is 2.55. The molecule has 0 aromatic heterocycles. The zero-order valence-corrected chi connectivity index (χ0v) is 31.5. The lowest BCUT2D eigenvalue weighted by molar-refractivity contribution is -0.310. The molecule has 0 unspecified atom stereocenters. The molecule has 4 rings (SSSR count). The molecule has 1 aliphatic rings. The van der Waals surface area contributed by atoms with Gasteiger partial charge in [-0.25, -0.2) is 9.18 Å². The van der Waals surface area contributed by atoms with Crippen LogP contribution in [0.15, 0.2) is 64.2 Å². The Morgan fingerprint density at radius 3 is 2.18 bits per heavy atom. The summed E-state index contributed by atoms with van der Waals surface area (Å²) < 4.78 is 29.8. The van der Waals surface area contributed by atoms with E-state index in [9.17, 15) is 48.8 Å². The number of unbranched alkanes of at least 4 members (excludes halogenated alkanes) is 3. The predicted molar refractivity (Wildman–Crippen MR) is 207 cm³/mol. The molecule has 57 heavy (non-hydrogen) atoms. The van der Waals surface area contributed by atoms with Crippen LogP contribution in [-0.4, -0.2) is 127 Å². The second-order valence-corrected chi connectivity index (χ2v) is 13.7. The zero-order chi connectivity index (χ0) is 41.4. The summed E-state index contributed by atoms with van der Waals surface area (Å²) in [4.78, 5) is 61.2. The molecular formula is C39H52FN5O12. The molecule has 2 amide bonds. The average Bonchev–Trinajstić information content (AvgIpc) is 3.21. The van der Waals surface area contributed by atoms with Crippen molar-refractivity contribution in [3.8, 4) is 11.1 Å². The van der Waals surface area contributed by atoms with Crippen LogP contribution in [-0.2, 0) is 35.0 Å². The molecule has 1 fully saturated rings. The van der Waals surface area contributed by atoms with E-state index in [1.807, 2.05) is 42.5 Å². The number of amides is 2. The minimum Gasteiger partial charge on any atom is -0.477 e. The van der Waals surface area contributed by atoms with E-state index in [-0.39, 0.29) is 24.4 Å². The number of anilines is 2. The van der Waals surface area contributed by atoms with Gasteiger partial charge in [0.2, 0.25) is 5.91 Å². The third-order valence-corrected chi connectivity index (χ3v) is 9.44. The number of nitrogens with one attached hydrogen (secondary N) is 4. The van der Waals surface area contributed by atoms with Crippen LogP contribution < -0.4 is 37.9 Å². The number of carbonyl (C=O) groups is 3. The third-order valence-electron chi connectivity index (χ3n) is 9.44. The number of carboxylic acids is 1. The highest BCUT2D eigenvalue weighted by atomic mass is 19.1. The SMILES string of the molecule is NCCOCCNc1c(NCCCCCCO[C@]2(C(=O)O)C[C@H](O)[C@@H](NC(=O)CF)[C@H]([C@H](O)[C@H](O)CNC(=O)Cc3ccc(-c4ccccc4)cc3)O2)c(=O)c1=O. The molecule has 0 spiro atoms. The van der Waals surface area contributed by atoms with Gasteiger partial charge >= 0.3 is 5.97 Å². The Morgan fingerprint density at radius 1 is 0.877 bits per heavy atom. The summed E-state index contributed by atoms with van der Waals surface area (Å²) in [5.74, 6) is -5.84. The van der Waals surface area contributed by atoms with E-state index in [0.717, 1.165) is 11.1 Å². The lowest BCUT2D eigenvalue weighted by atomic mass is 9.88. The minimum absolute atomic E-state index is 0.0537. The lowest BCUT2D eigenvalue weighted by Crippen LogP contribution is -2.68. The number of aliphatic hydroxyl groups is 3. The number of benzene rings is 2. The molecule has 18 heteroatoms. The standard InChI is InChI=1S/C39H52FN5O12/c40-22-30(49)45-31-27(46)21-39(38(53)54,56-17-7-2-1-6-15-42-32-33(36(52)35(32)51)43-16-19-55-18-14-41)57-37(31)34(50)28(47)23-44-29(48)20-24-10-12-26(13-11-24)25-8-4-3-5-9-25/h3-5,8-13,27-28,31,34,37,42-43,46-47,50H,1-2,6-7,14-23,41H2,(H,44,48)(H,45,49)(H,53,54)/t27-,28+,31+,34+,37+,39+/m0/s1. The van der Waals surface area contributed by atoms with Crippen LogP contribution in [0.5, 0.6) is 0 Å². The first-order valence-corrected chi connectivity index (χ1v) is 18.8. The van der Waals surface area contributed by atoms with E-state index in [1.165, 1.54) is 0 Å². The normalized spacial score (nSPS) is 20.4. The molecule has 1 heterocycles. The van der Waals surface area contributed by atoms with Gasteiger partial charge in [0.15, 0.2) is 6.67 Å². The molecule has 10 N–H and O–H groups in total. The Hall–Kier alpha value is -4.82. The van der Waals surface area contributed by atoms with E-state index in [2.05, 4.69) is 21.3 Å². The largest absolute Gasteiger partial charge is 0.477 e. The van der Waals surface area contributed by atoms with E-state index < -0.39 is 84.5 Å². The van der Waals surface area contributed by atoms with Crippen molar-refractivity contribution in [2.45, 2.75) is 74.8 Å². The zero-order valence-electron chi connectivity index (χ0n) is 31.5. The van der Waals surface area contributed by atoms with Crippen LogP contribution in [0.2, 0.25) is 0 Å². The topological polar surface area (TPSA) is 268 Å². The van der Waals surface area contributed by atoms with Gasteiger partial charge in [-0.1, -0.05) is 67.4 Å². The van der Waals surface area contributed by atoms with Crippen LogP contribution in [0.25, 0.3) is 11.1 Å². The molecule has 1 aliphatic heterocycles. The van der Waals surface area contributed by atoms with Gasteiger partial charge in [0.1, 0.15) is 23.6 Å². The van der Waals surface area contributed by atoms with Crippen molar-refractivity contribution in [3.05, 3.63) is 80.6 Å². The van der Waals surface area contributed by atoms with Crippen LogP contribution in [0.4, 0.5) is 15.8 Å². The summed E-state index contributed by atoms with van der Waals surface area (Å²) in [5.41, 5.74) is 7.19. The Kier molecular flexibility index (Phi) is 17.5.